The van der Waals surface area contributed by atoms with E-state index in [0.29, 0.717) is 17.7 Å². The lowest BCUT2D eigenvalue weighted by molar-refractivity contribution is -0.120. The highest BCUT2D eigenvalue weighted by atomic mass is 16.5. The molecule has 0 bridgehead atoms. The second-order valence-corrected chi connectivity index (χ2v) is 5.45. The van der Waals surface area contributed by atoms with Gasteiger partial charge in [0.25, 0.3) is 0 Å². The van der Waals surface area contributed by atoms with Crippen molar-refractivity contribution in [3.05, 3.63) is 65.9 Å². The van der Waals surface area contributed by atoms with Crippen molar-refractivity contribution in [3.8, 4) is 0 Å². The van der Waals surface area contributed by atoms with E-state index in [0.717, 1.165) is 10.9 Å². The van der Waals surface area contributed by atoms with Crippen LogP contribution in [0.4, 0.5) is 0 Å². The van der Waals surface area contributed by atoms with Crippen molar-refractivity contribution >= 4 is 16.9 Å². The summed E-state index contributed by atoms with van der Waals surface area (Å²) in [6.07, 6.45) is 0.0266. The minimum absolute atomic E-state index is 0.134. The zero-order valence-electron chi connectivity index (χ0n) is 12.6. The molecule has 5 nitrogen and oxygen atoms in total. The van der Waals surface area contributed by atoms with Crippen LogP contribution < -0.4 is 5.32 Å². The maximum Gasteiger partial charge on any atom is 0.226 e. The van der Waals surface area contributed by atoms with Crippen LogP contribution in [0.1, 0.15) is 11.3 Å². The van der Waals surface area contributed by atoms with E-state index in [4.69, 9.17) is 4.52 Å². The maximum absolute atomic E-state index is 12.0. The van der Waals surface area contributed by atoms with Gasteiger partial charge in [0.2, 0.25) is 5.91 Å². The summed E-state index contributed by atoms with van der Waals surface area (Å²) in [5, 5.41) is 17.5. The molecular formula is C18H18N2O3. The highest BCUT2D eigenvalue weighted by molar-refractivity contribution is 5.86. The fourth-order valence-electron chi connectivity index (χ4n) is 2.47. The number of carbonyl (C=O) groups is 1. The molecule has 3 rings (SSSR count). The molecule has 0 aliphatic carbocycles. The first-order valence-corrected chi connectivity index (χ1v) is 7.54. The lowest BCUT2D eigenvalue weighted by atomic mass is 10.1. The zero-order chi connectivity index (χ0) is 16.1. The van der Waals surface area contributed by atoms with Gasteiger partial charge in [-0.3, -0.25) is 4.79 Å². The number of carbonyl (C=O) groups excluding carboxylic acids is 1. The molecule has 118 valence electrons. The van der Waals surface area contributed by atoms with Crippen molar-refractivity contribution in [1.82, 2.24) is 10.5 Å². The molecule has 1 unspecified atom stereocenters. The van der Waals surface area contributed by atoms with Gasteiger partial charge in [0.05, 0.1) is 12.5 Å². The Hall–Kier alpha value is -2.66. The third kappa shape index (κ3) is 3.96. The molecule has 2 aromatic carbocycles. The van der Waals surface area contributed by atoms with Gasteiger partial charge >= 0.3 is 0 Å². The Kier molecular flexibility index (Phi) is 4.68. The van der Waals surface area contributed by atoms with Gasteiger partial charge in [-0.15, -0.1) is 0 Å². The summed E-state index contributed by atoms with van der Waals surface area (Å²) in [6.45, 7) is 0.212. The number of aliphatic hydroxyl groups is 1. The third-order valence-corrected chi connectivity index (χ3v) is 3.63. The van der Waals surface area contributed by atoms with Crippen molar-refractivity contribution in [3.63, 3.8) is 0 Å². The van der Waals surface area contributed by atoms with E-state index in [9.17, 15) is 9.90 Å². The van der Waals surface area contributed by atoms with E-state index in [2.05, 4.69) is 10.5 Å². The van der Waals surface area contributed by atoms with Crippen molar-refractivity contribution in [1.29, 1.82) is 0 Å². The summed E-state index contributed by atoms with van der Waals surface area (Å²) in [5.41, 5.74) is 2.31. The molecule has 1 atom stereocenters. The van der Waals surface area contributed by atoms with E-state index >= 15 is 0 Å². The number of hydrogen-bond donors (Lipinski definition) is 2. The molecular weight excluding hydrogens is 292 g/mol. The van der Waals surface area contributed by atoms with Gasteiger partial charge in [-0.05, 0) is 17.7 Å². The summed E-state index contributed by atoms with van der Waals surface area (Å²) >= 11 is 0. The van der Waals surface area contributed by atoms with Crippen molar-refractivity contribution in [2.24, 2.45) is 0 Å². The molecule has 1 amide bonds. The standard InChI is InChI=1S/C18H18N2O3/c21-14(10-13-6-2-1-3-7-13)12-19-18(22)11-16-15-8-4-5-9-17(15)23-20-16/h1-9,14,21H,10-12H2,(H,19,22). The largest absolute Gasteiger partial charge is 0.391 e. The van der Waals surface area contributed by atoms with Crippen LogP contribution in [0.25, 0.3) is 11.0 Å². The Bertz CT molecular complexity index is 783. The molecule has 1 heterocycles. The quantitative estimate of drug-likeness (QED) is 0.731. The monoisotopic (exact) mass is 310 g/mol. The van der Waals surface area contributed by atoms with Gasteiger partial charge in [-0.25, -0.2) is 0 Å². The van der Waals surface area contributed by atoms with Crippen LogP contribution in [-0.4, -0.2) is 28.8 Å². The van der Waals surface area contributed by atoms with Gasteiger partial charge in [-0.1, -0.05) is 47.6 Å². The number of aliphatic hydroxyl groups excluding tert-OH is 1. The molecule has 5 heteroatoms. The van der Waals surface area contributed by atoms with E-state index in [1.807, 2.05) is 54.6 Å². The number of benzene rings is 2. The number of para-hydroxylation sites is 1. The molecule has 0 radical (unpaired) electrons. The highest BCUT2D eigenvalue weighted by Crippen LogP contribution is 2.17. The number of nitrogens with one attached hydrogen (secondary N) is 1. The van der Waals surface area contributed by atoms with E-state index in [1.165, 1.54) is 0 Å². The van der Waals surface area contributed by atoms with E-state index in [-0.39, 0.29) is 18.9 Å². The second kappa shape index (κ2) is 7.07. The number of nitrogens with zero attached hydrogens (tertiary/aromatic N) is 1. The molecule has 2 N–H and O–H groups in total. The summed E-state index contributed by atoms with van der Waals surface area (Å²) in [4.78, 5) is 12.0. The number of hydrogen-bond acceptors (Lipinski definition) is 4. The first-order valence-electron chi connectivity index (χ1n) is 7.54. The van der Waals surface area contributed by atoms with Crippen LogP contribution in [0.3, 0.4) is 0 Å². The Morgan fingerprint density at radius 2 is 1.87 bits per heavy atom. The Morgan fingerprint density at radius 3 is 2.70 bits per heavy atom. The van der Waals surface area contributed by atoms with Gasteiger partial charge < -0.3 is 14.9 Å². The maximum atomic E-state index is 12.0. The molecule has 0 saturated heterocycles. The number of amides is 1. The highest BCUT2D eigenvalue weighted by Gasteiger charge is 2.13. The van der Waals surface area contributed by atoms with Crippen LogP contribution in [0.15, 0.2) is 59.1 Å². The molecule has 0 aliphatic heterocycles. The normalized spacial score (nSPS) is 12.2. The summed E-state index contributed by atoms with van der Waals surface area (Å²) in [6, 6.07) is 17.1. The molecule has 0 fully saturated rings. The van der Waals surface area contributed by atoms with Crippen LogP contribution in [0.2, 0.25) is 0 Å². The van der Waals surface area contributed by atoms with Crippen LogP contribution in [0, 0.1) is 0 Å². The van der Waals surface area contributed by atoms with Crippen molar-refractivity contribution in [2.75, 3.05) is 6.54 Å². The second-order valence-electron chi connectivity index (χ2n) is 5.45. The van der Waals surface area contributed by atoms with Crippen LogP contribution >= 0.6 is 0 Å². The molecule has 0 aliphatic rings. The number of aromatic nitrogens is 1. The van der Waals surface area contributed by atoms with Gasteiger partial charge in [0, 0.05) is 18.4 Å². The Balaban J connectivity index is 1.51. The molecule has 0 saturated carbocycles. The SMILES string of the molecule is O=C(Cc1noc2ccccc12)NCC(O)Cc1ccccc1. The minimum Gasteiger partial charge on any atom is -0.391 e. The van der Waals surface area contributed by atoms with Crippen molar-refractivity contribution < 1.29 is 14.4 Å². The first-order chi connectivity index (χ1) is 11.2. The van der Waals surface area contributed by atoms with Gasteiger partial charge in [-0.2, -0.15) is 0 Å². The Morgan fingerprint density at radius 1 is 1.13 bits per heavy atom. The lowest BCUT2D eigenvalue weighted by Crippen LogP contribution is -2.34. The van der Waals surface area contributed by atoms with Crippen LogP contribution in [-0.2, 0) is 17.6 Å². The molecule has 3 aromatic rings. The Labute approximate surface area is 133 Å². The average molecular weight is 310 g/mol. The summed E-state index contributed by atoms with van der Waals surface area (Å²) < 4.78 is 5.18. The predicted molar refractivity (Wildman–Crippen MR) is 86.9 cm³/mol. The minimum atomic E-state index is -0.615. The van der Waals surface area contributed by atoms with Gasteiger partial charge in [0.1, 0.15) is 5.69 Å². The van der Waals surface area contributed by atoms with Crippen LogP contribution in [0.5, 0.6) is 0 Å². The molecule has 1 aromatic heterocycles. The fraction of sp³-hybridized carbons (Fsp3) is 0.222. The third-order valence-electron chi connectivity index (χ3n) is 3.63. The predicted octanol–water partition coefficient (Wildman–Crippen LogP) is 2.09. The summed E-state index contributed by atoms with van der Waals surface area (Å²) in [7, 11) is 0. The lowest BCUT2D eigenvalue weighted by Gasteiger charge is -2.11. The number of rotatable bonds is 6. The first kappa shape index (κ1) is 15.2. The molecule has 23 heavy (non-hydrogen) atoms. The zero-order valence-corrected chi connectivity index (χ0v) is 12.6. The van der Waals surface area contributed by atoms with E-state index in [1.54, 1.807) is 0 Å². The average Bonchev–Trinajstić information content (AvgIpc) is 2.97. The topological polar surface area (TPSA) is 75.4 Å². The molecule has 0 spiro atoms. The van der Waals surface area contributed by atoms with Crippen molar-refractivity contribution in [2.45, 2.75) is 18.9 Å². The van der Waals surface area contributed by atoms with E-state index < -0.39 is 6.10 Å². The van der Waals surface area contributed by atoms with Gasteiger partial charge in [0.15, 0.2) is 5.58 Å². The number of fused-ring (bicyclic) bond motifs is 1. The summed E-state index contributed by atoms with van der Waals surface area (Å²) in [5.74, 6) is -0.184. The smallest absolute Gasteiger partial charge is 0.226 e. The fourth-order valence-corrected chi connectivity index (χ4v) is 2.47.